The van der Waals surface area contributed by atoms with Crippen molar-refractivity contribution >= 4 is 11.0 Å². The van der Waals surface area contributed by atoms with Gasteiger partial charge in [0.25, 0.3) is 0 Å². The van der Waals surface area contributed by atoms with E-state index in [9.17, 15) is 5.11 Å². The molecule has 9 rings (SSSR count). The molecule has 2 heterocycles. The minimum atomic E-state index is -0.312. The first kappa shape index (κ1) is 40.2. The van der Waals surface area contributed by atoms with E-state index < -0.39 is 0 Å². The SMILES string of the molecule is CC(C)(C)c1ccc(-n2c(-c3cc(C(C)(C)C)cc(C(C)(C)C)c3O)nc3c(-c4cccc(-c5nccc6c5C(C)(C)c5ccccc5-6)c4)cccc32)c(-c2ccccc2)c1. The minimum Gasteiger partial charge on any atom is -0.507 e. The van der Waals surface area contributed by atoms with Gasteiger partial charge in [-0.3, -0.25) is 9.55 Å². The van der Waals surface area contributed by atoms with Crippen molar-refractivity contribution < 1.29 is 5.11 Å². The largest absolute Gasteiger partial charge is 0.507 e. The van der Waals surface area contributed by atoms with Crippen LogP contribution in [-0.4, -0.2) is 19.6 Å². The van der Waals surface area contributed by atoms with E-state index in [1.54, 1.807) is 0 Å². The maximum Gasteiger partial charge on any atom is 0.149 e. The second-order valence-corrected chi connectivity index (χ2v) is 20.5. The zero-order valence-corrected chi connectivity index (χ0v) is 37.6. The maximum atomic E-state index is 12.5. The molecule has 0 saturated carbocycles. The van der Waals surface area contributed by atoms with Gasteiger partial charge in [-0.15, -0.1) is 0 Å². The Hall–Kier alpha value is -6.26. The van der Waals surface area contributed by atoms with Gasteiger partial charge in [-0.25, -0.2) is 4.98 Å². The molecule has 0 atom stereocenters. The van der Waals surface area contributed by atoms with Crippen LogP contribution in [0.4, 0.5) is 0 Å². The summed E-state index contributed by atoms with van der Waals surface area (Å²) in [5, 5.41) is 12.5. The number of pyridine rings is 1. The van der Waals surface area contributed by atoms with Crippen LogP contribution < -0.4 is 0 Å². The Bertz CT molecular complexity index is 3000. The summed E-state index contributed by atoms with van der Waals surface area (Å²) in [6.45, 7) is 24.6. The molecule has 0 unspecified atom stereocenters. The predicted octanol–water partition coefficient (Wildman–Crippen LogP) is 15.0. The fourth-order valence-electron chi connectivity index (χ4n) is 9.38. The number of benzene rings is 6. The minimum absolute atomic E-state index is 0.0628. The van der Waals surface area contributed by atoms with Crippen LogP contribution in [-0.2, 0) is 21.7 Å². The molecule has 1 aliphatic carbocycles. The zero-order valence-electron chi connectivity index (χ0n) is 37.6. The molecule has 4 heteroatoms. The third-order valence-corrected chi connectivity index (χ3v) is 12.8. The monoisotopic (exact) mass is 799 g/mol. The third-order valence-electron chi connectivity index (χ3n) is 12.8. The standard InChI is InChI=1S/C57H57N3O/c1-54(2,3)38-27-28-47(43(32-38)35-19-13-12-14-20-35)60-48-26-18-24-40(51(48)59-53(60)44-33-39(55(4,5)6)34-46(52(44)61)56(7,8)9)36-21-17-22-37(31-36)50-49-42(29-30-58-50)41-23-15-16-25-45(41)57(49,10)11/h12-34,61H,1-11H3. The molecule has 0 bridgehead atoms. The van der Waals surface area contributed by atoms with Crippen molar-refractivity contribution in [2.75, 3.05) is 0 Å². The van der Waals surface area contributed by atoms with Gasteiger partial charge in [-0.05, 0) is 97.2 Å². The molecule has 6 aromatic carbocycles. The smallest absolute Gasteiger partial charge is 0.149 e. The van der Waals surface area contributed by atoms with E-state index >= 15 is 0 Å². The summed E-state index contributed by atoms with van der Waals surface area (Å²) in [6.07, 6.45) is 1.95. The molecule has 2 aromatic heterocycles. The van der Waals surface area contributed by atoms with Gasteiger partial charge in [0.15, 0.2) is 0 Å². The first-order valence-electron chi connectivity index (χ1n) is 21.6. The van der Waals surface area contributed by atoms with E-state index in [0.717, 1.165) is 66.9 Å². The van der Waals surface area contributed by atoms with Gasteiger partial charge in [-0.2, -0.15) is 0 Å². The molecule has 4 nitrogen and oxygen atoms in total. The molecule has 8 aromatic rings. The molecule has 61 heavy (non-hydrogen) atoms. The molecular formula is C57H57N3O. The number of aromatic nitrogens is 3. The van der Waals surface area contributed by atoms with Gasteiger partial charge in [0.1, 0.15) is 11.6 Å². The van der Waals surface area contributed by atoms with Crippen molar-refractivity contribution in [2.24, 2.45) is 0 Å². The number of nitrogens with zero attached hydrogens (tertiary/aromatic N) is 3. The van der Waals surface area contributed by atoms with Crippen molar-refractivity contribution in [3.63, 3.8) is 0 Å². The highest BCUT2D eigenvalue weighted by Crippen LogP contribution is 2.52. The lowest BCUT2D eigenvalue weighted by Gasteiger charge is -2.28. The number of hydrogen-bond donors (Lipinski definition) is 1. The van der Waals surface area contributed by atoms with E-state index in [1.165, 1.54) is 27.8 Å². The van der Waals surface area contributed by atoms with Gasteiger partial charge >= 0.3 is 0 Å². The second kappa shape index (κ2) is 14.2. The highest BCUT2D eigenvalue weighted by atomic mass is 16.3. The number of para-hydroxylation sites is 1. The average molecular weight is 800 g/mol. The molecule has 306 valence electrons. The summed E-state index contributed by atoms with van der Waals surface area (Å²) in [5.74, 6) is 0.969. The summed E-state index contributed by atoms with van der Waals surface area (Å²) in [6, 6.07) is 48.0. The van der Waals surface area contributed by atoms with Crippen LogP contribution in [0.25, 0.3) is 72.7 Å². The van der Waals surface area contributed by atoms with Crippen LogP contribution in [0.3, 0.4) is 0 Å². The van der Waals surface area contributed by atoms with Gasteiger partial charge < -0.3 is 5.11 Å². The summed E-state index contributed by atoms with van der Waals surface area (Å²) in [5.41, 5.74) is 17.6. The molecule has 1 aliphatic rings. The lowest BCUT2D eigenvalue weighted by Crippen LogP contribution is -2.17. The van der Waals surface area contributed by atoms with Crippen LogP contribution in [0.15, 0.2) is 140 Å². The quantitative estimate of drug-likeness (QED) is 0.189. The van der Waals surface area contributed by atoms with Crippen molar-refractivity contribution in [3.05, 3.63) is 167 Å². The summed E-state index contributed by atoms with van der Waals surface area (Å²) < 4.78 is 2.29. The first-order chi connectivity index (χ1) is 28.8. The second-order valence-electron chi connectivity index (χ2n) is 20.5. The number of phenols is 1. The van der Waals surface area contributed by atoms with Gasteiger partial charge in [0.2, 0.25) is 0 Å². The number of hydrogen-bond acceptors (Lipinski definition) is 3. The lowest BCUT2D eigenvalue weighted by atomic mass is 9.79. The third kappa shape index (κ3) is 6.77. The Morgan fingerprint density at radius 2 is 1.16 bits per heavy atom. The van der Waals surface area contributed by atoms with E-state index in [2.05, 4.69) is 214 Å². The average Bonchev–Trinajstić information content (AvgIpc) is 3.72. The van der Waals surface area contributed by atoms with Gasteiger partial charge in [0.05, 0.1) is 28.0 Å². The Labute approximate surface area is 362 Å². The molecule has 0 radical (unpaired) electrons. The zero-order chi connectivity index (χ0) is 43.2. The Kier molecular flexibility index (Phi) is 9.32. The van der Waals surface area contributed by atoms with E-state index in [-0.39, 0.29) is 27.4 Å². The van der Waals surface area contributed by atoms with E-state index in [4.69, 9.17) is 9.97 Å². The van der Waals surface area contributed by atoms with Crippen molar-refractivity contribution in [3.8, 4) is 67.5 Å². The number of rotatable bonds is 5. The van der Waals surface area contributed by atoms with Crippen molar-refractivity contribution in [2.45, 2.75) is 97.8 Å². The lowest BCUT2D eigenvalue weighted by molar-refractivity contribution is 0.446. The molecule has 0 aliphatic heterocycles. The maximum absolute atomic E-state index is 12.5. The summed E-state index contributed by atoms with van der Waals surface area (Å²) in [7, 11) is 0. The molecule has 0 amide bonds. The van der Waals surface area contributed by atoms with Crippen LogP contribution >= 0.6 is 0 Å². The van der Waals surface area contributed by atoms with E-state index in [0.29, 0.717) is 5.82 Å². The normalized spacial score (nSPS) is 13.7. The van der Waals surface area contributed by atoms with Gasteiger partial charge in [0, 0.05) is 33.9 Å². The van der Waals surface area contributed by atoms with Crippen molar-refractivity contribution in [1.82, 2.24) is 14.5 Å². The number of fused-ring (bicyclic) bond motifs is 4. The highest BCUT2D eigenvalue weighted by molar-refractivity contribution is 5.98. The topological polar surface area (TPSA) is 50.9 Å². The molecule has 0 spiro atoms. The molecular weight excluding hydrogens is 743 g/mol. The van der Waals surface area contributed by atoms with Crippen LogP contribution in [0.1, 0.15) is 104 Å². The van der Waals surface area contributed by atoms with Crippen molar-refractivity contribution in [1.29, 1.82) is 0 Å². The number of phenolic OH excluding ortho intramolecular Hbond substituents is 1. The fraction of sp³-hybridized carbons (Fsp3) is 0.263. The molecule has 1 N–H and O–H groups in total. The Morgan fingerprint density at radius 1 is 0.525 bits per heavy atom. The fourth-order valence-corrected chi connectivity index (χ4v) is 9.38. The van der Waals surface area contributed by atoms with Crippen LogP contribution in [0.2, 0.25) is 0 Å². The van der Waals surface area contributed by atoms with Gasteiger partial charge in [-0.1, -0.05) is 173 Å². The van der Waals surface area contributed by atoms with Crippen LogP contribution in [0, 0.1) is 0 Å². The van der Waals surface area contributed by atoms with E-state index in [1.807, 2.05) is 6.20 Å². The number of aromatic hydroxyl groups is 1. The first-order valence-corrected chi connectivity index (χ1v) is 21.6. The summed E-state index contributed by atoms with van der Waals surface area (Å²) >= 11 is 0. The number of imidazole rings is 1. The Balaban J connectivity index is 1.33. The predicted molar refractivity (Wildman–Crippen MR) is 256 cm³/mol. The summed E-state index contributed by atoms with van der Waals surface area (Å²) in [4.78, 5) is 10.7. The Morgan fingerprint density at radius 3 is 1.89 bits per heavy atom. The van der Waals surface area contributed by atoms with Crippen LogP contribution in [0.5, 0.6) is 5.75 Å². The molecule has 0 fully saturated rings. The molecule has 0 saturated heterocycles. The highest BCUT2D eigenvalue weighted by Gasteiger charge is 2.38.